The van der Waals surface area contributed by atoms with Crippen molar-refractivity contribution in [2.45, 2.75) is 31.1 Å². The molecule has 29 heavy (non-hydrogen) atoms. The summed E-state index contributed by atoms with van der Waals surface area (Å²) < 4.78 is 33.2. The van der Waals surface area contributed by atoms with Gasteiger partial charge >= 0.3 is 0 Å². The highest BCUT2D eigenvalue weighted by atomic mass is 127. The van der Waals surface area contributed by atoms with Crippen molar-refractivity contribution in [3.63, 3.8) is 0 Å². The molecule has 1 aliphatic heterocycles. The van der Waals surface area contributed by atoms with E-state index in [1.807, 2.05) is 12.1 Å². The van der Waals surface area contributed by atoms with Crippen molar-refractivity contribution in [3.05, 3.63) is 50.6 Å². The molecule has 0 aromatic heterocycles. The van der Waals surface area contributed by atoms with Gasteiger partial charge in [0.2, 0.25) is 10.0 Å². The quantitative estimate of drug-likeness (QED) is 0.466. The van der Waals surface area contributed by atoms with Gasteiger partial charge in [-0.1, -0.05) is 20.8 Å². The maximum absolute atomic E-state index is 12.6. The van der Waals surface area contributed by atoms with Gasteiger partial charge in [-0.25, -0.2) is 13.1 Å². The van der Waals surface area contributed by atoms with Crippen LogP contribution in [0, 0.1) is 3.57 Å². The minimum Gasteiger partial charge on any atom is -0.495 e. The summed E-state index contributed by atoms with van der Waals surface area (Å²) in [4.78, 5) is 12.7. The Morgan fingerprint density at radius 1 is 1.17 bits per heavy atom. The fourth-order valence-corrected chi connectivity index (χ4v) is 4.85. The summed E-state index contributed by atoms with van der Waals surface area (Å²) in [6.07, 6.45) is 1.79. The van der Waals surface area contributed by atoms with Crippen LogP contribution < -0.4 is 14.8 Å². The third-order valence-corrected chi connectivity index (χ3v) is 6.96. The lowest BCUT2D eigenvalue weighted by Crippen LogP contribution is -2.18. The molecule has 1 aliphatic rings. The van der Waals surface area contributed by atoms with E-state index >= 15 is 0 Å². The summed E-state index contributed by atoms with van der Waals surface area (Å²) in [5.74, 6) is 0.557. The van der Waals surface area contributed by atoms with Gasteiger partial charge in [0.15, 0.2) is 0 Å². The Kier molecular flexibility index (Phi) is 5.81. The number of rotatable bonds is 4. The average Bonchev–Trinajstić information content (AvgIpc) is 2.95. The molecule has 0 aliphatic carbocycles. The van der Waals surface area contributed by atoms with Crippen LogP contribution in [0.2, 0.25) is 0 Å². The molecule has 0 spiro atoms. The Bertz CT molecular complexity index is 1130. The molecule has 0 saturated carbocycles. The molecule has 2 N–H and O–H groups in total. The Morgan fingerprint density at radius 2 is 1.86 bits per heavy atom. The number of nitrogens with one attached hydrogen (secondary N) is 2. The first kappa shape index (κ1) is 21.8. The lowest BCUT2D eigenvalue weighted by Gasteiger charge is -2.23. The summed E-state index contributed by atoms with van der Waals surface area (Å²) in [6.45, 7) is 6.30. The lowest BCUT2D eigenvalue weighted by molar-refractivity contribution is -0.110. The first-order chi connectivity index (χ1) is 13.5. The fourth-order valence-electron chi connectivity index (χ4n) is 3.22. The van der Waals surface area contributed by atoms with E-state index in [1.165, 1.54) is 19.2 Å². The van der Waals surface area contributed by atoms with E-state index in [-0.39, 0.29) is 16.2 Å². The number of carbonyl (C=O) groups is 1. The van der Waals surface area contributed by atoms with Crippen LogP contribution in [0.4, 0.5) is 5.69 Å². The zero-order valence-corrected chi connectivity index (χ0v) is 19.9. The van der Waals surface area contributed by atoms with E-state index in [2.05, 4.69) is 53.4 Å². The summed E-state index contributed by atoms with van der Waals surface area (Å²) in [7, 11) is -0.604. The number of methoxy groups -OCH3 is 1. The highest BCUT2D eigenvalue weighted by Gasteiger charge is 2.27. The summed E-state index contributed by atoms with van der Waals surface area (Å²) >= 11 is 2.22. The largest absolute Gasteiger partial charge is 0.495 e. The van der Waals surface area contributed by atoms with E-state index in [4.69, 9.17) is 4.74 Å². The number of sulfonamides is 1. The van der Waals surface area contributed by atoms with Crippen LogP contribution in [0.5, 0.6) is 5.75 Å². The van der Waals surface area contributed by atoms with Crippen LogP contribution in [0.1, 0.15) is 37.5 Å². The molecule has 1 amide bonds. The van der Waals surface area contributed by atoms with Gasteiger partial charge in [0.25, 0.3) is 5.91 Å². The third-order valence-electron chi connectivity index (χ3n) is 4.74. The highest BCUT2D eigenvalue weighted by Crippen LogP contribution is 2.39. The van der Waals surface area contributed by atoms with Gasteiger partial charge in [-0.3, -0.25) is 4.79 Å². The van der Waals surface area contributed by atoms with Crippen LogP contribution in [0.25, 0.3) is 11.6 Å². The van der Waals surface area contributed by atoms with Crippen molar-refractivity contribution >= 4 is 55.9 Å². The lowest BCUT2D eigenvalue weighted by atomic mass is 9.85. The summed E-state index contributed by atoms with van der Waals surface area (Å²) in [5.41, 5.74) is 3.31. The maximum Gasteiger partial charge on any atom is 0.256 e. The molecule has 0 radical (unpaired) electrons. The second-order valence-electron chi connectivity index (χ2n) is 7.76. The predicted molar refractivity (Wildman–Crippen MR) is 124 cm³/mol. The van der Waals surface area contributed by atoms with E-state index < -0.39 is 10.0 Å². The van der Waals surface area contributed by atoms with Gasteiger partial charge in [-0.05, 0) is 77.0 Å². The number of hydrogen-bond acceptors (Lipinski definition) is 4. The van der Waals surface area contributed by atoms with E-state index in [0.29, 0.717) is 16.8 Å². The number of anilines is 1. The van der Waals surface area contributed by atoms with E-state index in [0.717, 1.165) is 20.4 Å². The standard InChI is InChI=1S/C21H23IN2O4S/c1-21(2,3)16-9-12(10-17(22)19(16)28-5)8-15-14-11-13(29(26,27)23-4)6-7-18(14)24-20(15)25/h6-11,23H,1-5H3,(H,24,25). The van der Waals surface area contributed by atoms with Crippen molar-refractivity contribution in [1.29, 1.82) is 0 Å². The van der Waals surface area contributed by atoms with Crippen molar-refractivity contribution in [2.24, 2.45) is 0 Å². The van der Waals surface area contributed by atoms with Crippen LogP contribution in [0.15, 0.2) is 35.2 Å². The number of halogens is 1. The van der Waals surface area contributed by atoms with Crippen molar-refractivity contribution in [3.8, 4) is 5.75 Å². The topological polar surface area (TPSA) is 84.5 Å². The molecule has 8 heteroatoms. The first-order valence-corrected chi connectivity index (χ1v) is 11.5. The molecule has 0 unspecified atom stereocenters. The third kappa shape index (κ3) is 4.19. The molecule has 3 rings (SSSR count). The van der Waals surface area contributed by atoms with Crippen LogP contribution >= 0.6 is 22.6 Å². The van der Waals surface area contributed by atoms with Crippen LogP contribution in [-0.2, 0) is 20.2 Å². The molecule has 0 fully saturated rings. The van der Waals surface area contributed by atoms with Crippen molar-refractivity contribution in [2.75, 3.05) is 19.5 Å². The van der Waals surface area contributed by atoms with Gasteiger partial charge < -0.3 is 10.1 Å². The normalized spacial score (nSPS) is 15.4. The number of fused-ring (bicyclic) bond motifs is 1. The molecule has 2 aromatic carbocycles. The maximum atomic E-state index is 12.6. The van der Waals surface area contributed by atoms with Gasteiger partial charge in [-0.2, -0.15) is 0 Å². The van der Waals surface area contributed by atoms with E-state index in [9.17, 15) is 13.2 Å². The smallest absolute Gasteiger partial charge is 0.256 e. The number of carbonyl (C=O) groups excluding carboxylic acids is 1. The molecule has 6 nitrogen and oxygen atoms in total. The van der Waals surface area contributed by atoms with E-state index in [1.54, 1.807) is 19.3 Å². The molecule has 0 saturated heterocycles. The fraction of sp³-hybridized carbons (Fsp3) is 0.286. The van der Waals surface area contributed by atoms with Crippen LogP contribution in [-0.4, -0.2) is 28.5 Å². The first-order valence-electron chi connectivity index (χ1n) is 8.97. The Morgan fingerprint density at radius 3 is 2.45 bits per heavy atom. The minimum atomic E-state index is -3.61. The predicted octanol–water partition coefficient (Wildman–Crippen LogP) is 4.00. The van der Waals surface area contributed by atoms with Gasteiger partial charge in [0.1, 0.15) is 5.75 Å². The molecule has 0 atom stereocenters. The van der Waals surface area contributed by atoms with Gasteiger partial charge in [0.05, 0.1) is 15.6 Å². The zero-order valence-electron chi connectivity index (χ0n) is 16.9. The monoisotopic (exact) mass is 526 g/mol. The second kappa shape index (κ2) is 7.73. The summed E-state index contributed by atoms with van der Waals surface area (Å²) in [5, 5.41) is 2.80. The molecular formula is C21H23IN2O4S. The number of ether oxygens (including phenoxy) is 1. The Labute approximate surface area is 184 Å². The van der Waals surface area contributed by atoms with Crippen molar-refractivity contribution < 1.29 is 17.9 Å². The Hall–Kier alpha value is -1.91. The molecular weight excluding hydrogens is 503 g/mol. The minimum absolute atomic E-state index is 0.112. The molecule has 2 aromatic rings. The van der Waals surface area contributed by atoms with Gasteiger partial charge in [-0.15, -0.1) is 0 Å². The van der Waals surface area contributed by atoms with Crippen molar-refractivity contribution in [1.82, 2.24) is 4.72 Å². The zero-order chi connectivity index (χ0) is 21.6. The SMILES string of the molecule is CNS(=O)(=O)c1ccc2c(c1)C(=Cc1cc(I)c(OC)c(C(C)(C)C)c1)C(=O)N2. The average molecular weight is 526 g/mol. The number of benzene rings is 2. The number of hydrogen-bond donors (Lipinski definition) is 2. The van der Waals surface area contributed by atoms with Gasteiger partial charge in [0, 0.05) is 22.4 Å². The second-order valence-corrected chi connectivity index (χ2v) is 10.8. The molecule has 154 valence electrons. The molecule has 0 bridgehead atoms. The number of amides is 1. The molecule has 1 heterocycles. The Balaban J connectivity index is 2.17. The highest BCUT2D eigenvalue weighted by molar-refractivity contribution is 14.1. The van der Waals surface area contributed by atoms with Crippen LogP contribution in [0.3, 0.4) is 0 Å². The summed E-state index contributed by atoms with van der Waals surface area (Å²) in [6, 6.07) is 8.55.